The van der Waals surface area contributed by atoms with Crippen molar-refractivity contribution in [3.8, 4) is 17.2 Å². The third-order valence-corrected chi connectivity index (χ3v) is 2.42. The summed E-state index contributed by atoms with van der Waals surface area (Å²) in [5.74, 6) is 2.31. The highest BCUT2D eigenvalue weighted by Gasteiger charge is 2.15. The molecule has 3 heteroatoms. The van der Waals surface area contributed by atoms with Gasteiger partial charge in [-0.1, -0.05) is 13.0 Å². The summed E-state index contributed by atoms with van der Waals surface area (Å²) in [6, 6.07) is 3.99. The Kier molecular flexibility index (Phi) is 5.67. The van der Waals surface area contributed by atoms with Crippen molar-refractivity contribution >= 4 is 0 Å². The molecule has 17 heavy (non-hydrogen) atoms. The lowest BCUT2D eigenvalue weighted by molar-refractivity contribution is 0.259. The van der Waals surface area contributed by atoms with Crippen LogP contribution in [0.3, 0.4) is 0 Å². The number of hydrogen-bond donors (Lipinski definition) is 0. The summed E-state index contributed by atoms with van der Waals surface area (Å²) in [5, 5.41) is 0. The zero-order chi connectivity index (χ0) is 12.7. The Bertz CT molecular complexity index is 348. The highest BCUT2D eigenvalue weighted by atomic mass is 16.5. The molecule has 0 radical (unpaired) electrons. The highest BCUT2D eigenvalue weighted by molar-refractivity contribution is 5.55. The second-order valence-corrected chi connectivity index (χ2v) is 3.53. The van der Waals surface area contributed by atoms with E-state index in [-0.39, 0.29) is 0 Å². The molecule has 0 spiro atoms. The molecule has 3 nitrogen and oxygen atoms in total. The van der Waals surface area contributed by atoms with Crippen LogP contribution >= 0.6 is 0 Å². The minimum absolute atomic E-state index is 0.604. The van der Waals surface area contributed by atoms with Crippen LogP contribution in [-0.2, 0) is 6.42 Å². The summed E-state index contributed by atoms with van der Waals surface area (Å²) in [6.45, 7) is 9.86. The van der Waals surface area contributed by atoms with Gasteiger partial charge in [-0.05, 0) is 38.8 Å². The van der Waals surface area contributed by atoms with E-state index in [1.165, 1.54) is 0 Å². The smallest absolute Gasteiger partial charge is 0.203 e. The fraction of sp³-hybridized carbons (Fsp3) is 0.571. The van der Waals surface area contributed by atoms with E-state index in [0.29, 0.717) is 19.8 Å². The van der Waals surface area contributed by atoms with Crippen molar-refractivity contribution in [3.05, 3.63) is 17.7 Å². The van der Waals surface area contributed by atoms with Crippen LogP contribution < -0.4 is 14.2 Å². The third kappa shape index (κ3) is 3.29. The minimum atomic E-state index is 0.604. The van der Waals surface area contributed by atoms with Crippen molar-refractivity contribution in [2.75, 3.05) is 19.8 Å². The van der Waals surface area contributed by atoms with Crippen LogP contribution in [0.5, 0.6) is 17.2 Å². The lowest BCUT2D eigenvalue weighted by Crippen LogP contribution is -2.04. The van der Waals surface area contributed by atoms with Gasteiger partial charge < -0.3 is 14.2 Å². The van der Waals surface area contributed by atoms with E-state index in [4.69, 9.17) is 14.2 Å². The van der Waals surface area contributed by atoms with Gasteiger partial charge in [0.25, 0.3) is 0 Å². The second kappa shape index (κ2) is 7.05. The minimum Gasteiger partial charge on any atom is -0.490 e. The van der Waals surface area contributed by atoms with E-state index in [1.807, 2.05) is 32.9 Å². The van der Waals surface area contributed by atoms with Crippen LogP contribution in [0.1, 0.15) is 33.3 Å². The number of aryl methyl sites for hydroxylation is 1. The molecule has 0 aliphatic rings. The average molecular weight is 238 g/mol. The van der Waals surface area contributed by atoms with Crippen LogP contribution in [0.4, 0.5) is 0 Å². The molecule has 0 heterocycles. The van der Waals surface area contributed by atoms with Crippen molar-refractivity contribution in [2.45, 2.75) is 34.1 Å². The van der Waals surface area contributed by atoms with Crippen molar-refractivity contribution in [3.63, 3.8) is 0 Å². The van der Waals surface area contributed by atoms with Crippen LogP contribution in [0, 0.1) is 0 Å². The molecule has 0 unspecified atom stereocenters. The van der Waals surface area contributed by atoms with Crippen LogP contribution in [0.2, 0.25) is 0 Å². The van der Waals surface area contributed by atoms with E-state index in [9.17, 15) is 0 Å². The average Bonchev–Trinajstić information content (AvgIpc) is 2.34. The fourth-order valence-corrected chi connectivity index (χ4v) is 1.72. The monoisotopic (exact) mass is 238 g/mol. The van der Waals surface area contributed by atoms with Gasteiger partial charge in [0.05, 0.1) is 19.8 Å². The second-order valence-electron chi connectivity index (χ2n) is 3.53. The summed E-state index contributed by atoms with van der Waals surface area (Å²) in [5.41, 5.74) is 1.15. The number of benzene rings is 1. The van der Waals surface area contributed by atoms with Gasteiger partial charge in [0, 0.05) is 0 Å². The Balaban J connectivity index is 3.20. The molecule has 0 bridgehead atoms. The first-order valence-corrected chi connectivity index (χ1v) is 6.32. The number of rotatable bonds is 7. The highest BCUT2D eigenvalue weighted by Crippen LogP contribution is 2.40. The molecule has 0 N–H and O–H groups in total. The molecule has 0 saturated heterocycles. The lowest BCUT2D eigenvalue weighted by atomic mass is 10.1. The summed E-state index contributed by atoms with van der Waals surface area (Å²) >= 11 is 0. The molecule has 0 aromatic heterocycles. The largest absolute Gasteiger partial charge is 0.490 e. The first kappa shape index (κ1) is 13.7. The van der Waals surface area contributed by atoms with E-state index >= 15 is 0 Å². The van der Waals surface area contributed by atoms with Gasteiger partial charge in [-0.15, -0.1) is 0 Å². The first-order chi connectivity index (χ1) is 8.28. The molecular formula is C14H22O3. The molecule has 0 aliphatic heterocycles. The number of hydrogen-bond acceptors (Lipinski definition) is 3. The van der Waals surface area contributed by atoms with E-state index in [1.54, 1.807) is 0 Å². The van der Waals surface area contributed by atoms with Crippen LogP contribution in [-0.4, -0.2) is 19.8 Å². The maximum absolute atomic E-state index is 5.69. The SMILES string of the molecule is CCOc1ccc(CC)c(OCC)c1OCC. The zero-order valence-electron chi connectivity index (χ0n) is 11.2. The maximum atomic E-state index is 5.69. The van der Waals surface area contributed by atoms with Gasteiger partial charge in [0.1, 0.15) is 0 Å². The molecule has 0 aliphatic carbocycles. The predicted octanol–water partition coefficient (Wildman–Crippen LogP) is 3.45. The molecule has 0 amide bonds. The molecule has 1 aromatic carbocycles. The van der Waals surface area contributed by atoms with Crippen molar-refractivity contribution in [1.82, 2.24) is 0 Å². The Labute approximate surface area is 104 Å². The Morgan fingerprint density at radius 3 is 1.88 bits per heavy atom. The molecule has 0 atom stereocenters. The normalized spacial score (nSPS) is 10.1. The van der Waals surface area contributed by atoms with Crippen LogP contribution in [0.15, 0.2) is 12.1 Å². The molecule has 1 rings (SSSR count). The predicted molar refractivity (Wildman–Crippen MR) is 69.3 cm³/mol. The maximum Gasteiger partial charge on any atom is 0.203 e. The molecular weight excluding hydrogens is 216 g/mol. The summed E-state index contributed by atoms with van der Waals surface area (Å²) < 4.78 is 16.9. The third-order valence-electron chi connectivity index (χ3n) is 2.42. The van der Waals surface area contributed by atoms with Crippen molar-refractivity contribution < 1.29 is 14.2 Å². The molecule has 1 aromatic rings. The van der Waals surface area contributed by atoms with E-state index in [0.717, 1.165) is 29.2 Å². The molecule has 96 valence electrons. The van der Waals surface area contributed by atoms with Crippen LogP contribution in [0.25, 0.3) is 0 Å². The van der Waals surface area contributed by atoms with Gasteiger partial charge in [-0.25, -0.2) is 0 Å². The first-order valence-electron chi connectivity index (χ1n) is 6.32. The van der Waals surface area contributed by atoms with Gasteiger partial charge in [-0.3, -0.25) is 0 Å². The van der Waals surface area contributed by atoms with E-state index in [2.05, 4.69) is 6.92 Å². The fourth-order valence-electron chi connectivity index (χ4n) is 1.72. The van der Waals surface area contributed by atoms with Crippen molar-refractivity contribution in [2.24, 2.45) is 0 Å². The summed E-state index contributed by atoms with van der Waals surface area (Å²) in [4.78, 5) is 0. The Morgan fingerprint density at radius 2 is 1.35 bits per heavy atom. The van der Waals surface area contributed by atoms with Gasteiger partial charge in [-0.2, -0.15) is 0 Å². The summed E-state index contributed by atoms with van der Waals surface area (Å²) in [7, 11) is 0. The molecule has 0 fully saturated rings. The molecule has 0 saturated carbocycles. The topological polar surface area (TPSA) is 27.7 Å². The summed E-state index contributed by atoms with van der Waals surface area (Å²) in [6.07, 6.45) is 0.918. The lowest BCUT2D eigenvalue weighted by Gasteiger charge is -2.17. The Morgan fingerprint density at radius 1 is 0.765 bits per heavy atom. The quantitative estimate of drug-likeness (QED) is 0.728. The van der Waals surface area contributed by atoms with Crippen molar-refractivity contribution in [1.29, 1.82) is 0 Å². The standard InChI is InChI=1S/C14H22O3/c1-5-11-9-10-12(15-6-2)14(17-8-4)13(11)16-7-3/h9-10H,5-8H2,1-4H3. The zero-order valence-corrected chi connectivity index (χ0v) is 11.2. The Hall–Kier alpha value is -1.38. The van der Waals surface area contributed by atoms with Gasteiger partial charge >= 0.3 is 0 Å². The number of ether oxygens (including phenoxy) is 3. The van der Waals surface area contributed by atoms with Gasteiger partial charge in [0.2, 0.25) is 5.75 Å². The van der Waals surface area contributed by atoms with Gasteiger partial charge in [0.15, 0.2) is 11.5 Å². The van der Waals surface area contributed by atoms with E-state index < -0.39 is 0 Å².